The van der Waals surface area contributed by atoms with Gasteiger partial charge in [-0.3, -0.25) is 4.79 Å². The molecular weight excluding hydrogens is 164 g/mol. The minimum Gasteiger partial charge on any atom is -0.354 e. The van der Waals surface area contributed by atoms with E-state index in [1.807, 2.05) is 27.7 Å². The number of nitrogens with one attached hydrogen (secondary N) is 1. The van der Waals surface area contributed by atoms with Crippen molar-refractivity contribution in [2.45, 2.75) is 33.7 Å². The first kappa shape index (κ1) is 9.84. The molecule has 0 aliphatic carbocycles. The van der Waals surface area contributed by atoms with E-state index < -0.39 is 0 Å². The van der Waals surface area contributed by atoms with Crippen molar-refractivity contribution < 1.29 is 4.79 Å². The fourth-order valence-electron chi connectivity index (χ4n) is 1.47. The third-order valence-corrected chi connectivity index (χ3v) is 2.24. The average molecular weight is 180 g/mol. The summed E-state index contributed by atoms with van der Waals surface area (Å²) in [5.74, 6) is -0.0295. The van der Waals surface area contributed by atoms with Gasteiger partial charge in [0.1, 0.15) is 0 Å². The van der Waals surface area contributed by atoms with Crippen LogP contribution in [0.1, 0.15) is 27.7 Å². The first-order valence-corrected chi connectivity index (χ1v) is 4.42. The van der Waals surface area contributed by atoms with Gasteiger partial charge >= 0.3 is 0 Å². The first-order chi connectivity index (χ1) is 5.95. The molecule has 0 unspecified atom stereocenters. The highest BCUT2D eigenvalue weighted by molar-refractivity contribution is 5.95. The predicted octanol–water partition coefficient (Wildman–Crippen LogP) is 1.59. The third kappa shape index (κ3) is 1.59. The van der Waals surface area contributed by atoms with Crippen molar-refractivity contribution in [3.63, 3.8) is 0 Å². The lowest BCUT2D eigenvalue weighted by Gasteiger charge is -2.34. The van der Waals surface area contributed by atoms with Gasteiger partial charge in [-0.05, 0) is 27.7 Å². The molecule has 13 heavy (non-hydrogen) atoms. The van der Waals surface area contributed by atoms with Crippen molar-refractivity contribution in [2.75, 3.05) is 0 Å². The maximum absolute atomic E-state index is 11.7. The Hall–Kier alpha value is -1.25. The van der Waals surface area contributed by atoms with Crippen LogP contribution in [-0.4, -0.2) is 16.8 Å². The number of amides is 1. The lowest BCUT2D eigenvalue weighted by Crippen LogP contribution is -2.44. The zero-order valence-corrected chi connectivity index (χ0v) is 8.64. The molecule has 0 radical (unpaired) electrons. The normalized spacial score (nSPS) is 18.4. The monoisotopic (exact) mass is 180 g/mol. The summed E-state index contributed by atoms with van der Waals surface area (Å²) in [6, 6.07) is 0.182. The highest BCUT2D eigenvalue weighted by atomic mass is 16.2. The van der Waals surface area contributed by atoms with Gasteiger partial charge < -0.3 is 10.2 Å². The van der Waals surface area contributed by atoms with E-state index in [0.29, 0.717) is 5.70 Å². The SMILES string of the molecule is C=C1NC(C)=C(C)N(C(C)C)C1=O. The molecule has 1 aliphatic heterocycles. The van der Waals surface area contributed by atoms with Gasteiger partial charge in [0.2, 0.25) is 0 Å². The van der Waals surface area contributed by atoms with Crippen LogP contribution in [0, 0.1) is 0 Å². The number of nitrogens with zero attached hydrogens (tertiary/aromatic N) is 1. The quantitative estimate of drug-likeness (QED) is 0.621. The van der Waals surface area contributed by atoms with E-state index in [1.54, 1.807) is 4.90 Å². The van der Waals surface area contributed by atoms with Crippen molar-refractivity contribution >= 4 is 5.91 Å². The molecule has 1 amide bonds. The van der Waals surface area contributed by atoms with Crippen LogP contribution in [0.4, 0.5) is 0 Å². The van der Waals surface area contributed by atoms with Gasteiger partial charge in [-0.25, -0.2) is 0 Å². The minimum absolute atomic E-state index is 0.0295. The molecule has 0 saturated carbocycles. The Labute approximate surface area is 79.1 Å². The molecule has 1 N–H and O–H groups in total. The van der Waals surface area contributed by atoms with Gasteiger partial charge in [0, 0.05) is 17.4 Å². The molecule has 0 aromatic rings. The fraction of sp³-hybridized carbons (Fsp3) is 0.500. The Morgan fingerprint density at radius 3 is 2.38 bits per heavy atom. The highest BCUT2D eigenvalue weighted by Crippen LogP contribution is 2.19. The average Bonchev–Trinajstić information content (AvgIpc) is 2.01. The molecule has 3 nitrogen and oxygen atoms in total. The molecule has 0 aromatic heterocycles. The van der Waals surface area contributed by atoms with E-state index in [0.717, 1.165) is 11.4 Å². The predicted molar refractivity (Wildman–Crippen MR) is 52.6 cm³/mol. The molecule has 0 atom stereocenters. The van der Waals surface area contributed by atoms with Crippen LogP contribution < -0.4 is 5.32 Å². The van der Waals surface area contributed by atoms with Crippen LogP contribution in [0.15, 0.2) is 23.7 Å². The van der Waals surface area contributed by atoms with Crippen LogP contribution in [0.25, 0.3) is 0 Å². The molecule has 0 saturated heterocycles. The maximum Gasteiger partial charge on any atom is 0.274 e. The van der Waals surface area contributed by atoms with Crippen molar-refractivity contribution in [1.29, 1.82) is 0 Å². The maximum atomic E-state index is 11.7. The topological polar surface area (TPSA) is 32.3 Å². The summed E-state index contributed by atoms with van der Waals surface area (Å²) in [7, 11) is 0. The lowest BCUT2D eigenvalue weighted by atomic mass is 10.1. The summed E-state index contributed by atoms with van der Waals surface area (Å²) in [6.07, 6.45) is 0. The lowest BCUT2D eigenvalue weighted by molar-refractivity contribution is -0.127. The second-order valence-electron chi connectivity index (χ2n) is 3.58. The zero-order valence-electron chi connectivity index (χ0n) is 8.64. The van der Waals surface area contributed by atoms with E-state index in [4.69, 9.17) is 0 Å². The Bertz CT molecular complexity index is 289. The summed E-state index contributed by atoms with van der Waals surface area (Å²) in [4.78, 5) is 13.4. The van der Waals surface area contributed by atoms with Crippen LogP contribution in [0.5, 0.6) is 0 Å². The van der Waals surface area contributed by atoms with Crippen molar-refractivity contribution in [2.24, 2.45) is 0 Å². The number of allylic oxidation sites excluding steroid dienone is 2. The number of carbonyl (C=O) groups is 1. The second-order valence-corrected chi connectivity index (χ2v) is 3.58. The Morgan fingerprint density at radius 2 is 1.92 bits per heavy atom. The van der Waals surface area contributed by atoms with E-state index in [1.165, 1.54) is 0 Å². The second kappa shape index (κ2) is 3.24. The fourth-order valence-corrected chi connectivity index (χ4v) is 1.47. The summed E-state index contributed by atoms with van der Waals surface area (Å²) in [5, 5.41) is 2.96. The van der Waals surface area contributed by atoms with Gasteiger partial charge in [-0.1, -0.05) is 6.58 Å². The largest absolute Gasteiger partial charge is 0.354 e. The van der Waals surface area contributed by atoms with E-state index >= 15 is 0 Å². The van der Waals surface area contributed by atoms with E-state index in [9.17, 15) is 4.79 Å². The van der Waals surface area contributed by atoms with Crippen molar-refractivity contribution in [1.82, 2.24) is 10.2 Å². The van der Waals surface area contributed by atoms with Crippen LogP contribution in [0.2, 0.25) is 0 Å². The molecule has 72 valence electrons. The molecule has 1 rings (SSSR count). The summed E-state index contributed by atoms with van der Waals surface area (Å²) < 4.78 is 0. The van der Waals surface area contributed by atoms with Crippen molar-refractivity contribution in [3.05, 3.63) is 23.7 Å². The van der Waals surface area contributed by atoms with Gasteiger partial charge in [0.05, 0.1) is 5.70 Å². The van der Waals surface area contributed by atoms with Gasteiger partial charge in [0.15, 0.2) is 0 Å². The molecule has 1 aliphatic rings. The van der Waals surface area contributed by atoms with E-state index in [-0.39, 0.29) is 11.9 Å². The van der Waals surface area contributed by atoms with Gasteiger partial charge in [-0.2, -0.15) is 0 Å². The molecule has 1 heterocycles. The zero-order chi connectivity index (χ0) is 10.2. The molecule has 3 heteroatoms. The first-order valence-electron chi connectivity index (χ1n) is 4.42. The summed E-state index contributed by atoms with van der Waals surface area (Å²) in [6.45, 7) is 11.5. The van der Waals surface area contributed by atoms with Crippen molar-refractivity contribution in [3.8, 4) is 0 Å². The summed E-state index contributed by atoms with van der Waals surface area (Å²) in [5.41, 5.74) is 2.43. The van der Waals surface area contributed by atoms with Crippen LogP contribution in [-0.2, 0) is 4.79 Å². The standard InChI is InChI=1S/C10H16N2O/c1-6(2)12-9(5)7(3)11-8(4)10(12)13/h6,11H,4H2,1-3,5H3. The van der Waals surface area contributed by atoms with Gasteiger partial charge in [-0.15, -0.1) is 0 Å². The minimum atomic E-state index is -0.0295. The van der Waals surface area contributed by atoms with E-state index in [2.05, 4.69) is 11.9 Å². The molecule has 0 bridgehead atoms. The molecule has 0 spiro atoms. The number of rotatable bonds is 1. The Morgan fingerprint density at radius 1 is 1.38 bits per heavy atom. The van der Waals surface area contributed by atoms with Crippen LogP contribution >= 0.6 is 0 Å². The Kier molecular flexibility index (Phi) is 2.45. The molecule has 0 aromatic carbocycles. The third-order valence-electron chi connectivity index (χ3n) is 2.24. The number of hydrogen-bond acceptors (Lipinski definition) is 2. The number of carbonyl (C=O) groups excluding carboxylic acids is 1. The molecule has 0 fully saturated rings. The molecular formula is C10H16N2O. The highest BCUT2D eigenvalue weighted by Gasteiger charge is 2.26. The number of hydrogen-bond donors (Lipinski definition) is 1. The summed E-state index contributed by atoms with van der Waals surface area (Å²) >= 11 is 0. The Balaban J connectivity index is 3.10. The van der Waals surface area contributed by atoms with Crippen LogP contribution in [0.3, 0.4) is 0 Å². The van der Waals surface area contributed by atoms with Gasteiger partial charge in [0.25, 0.3) is 5.91 Å². The smallest absolute Gasteiger partial charge is 0.274 e.